The van der Waals surface area contributed by atoms with Gasteiger partial charge in [-0.2, -0.15) is 0 Å². The van der Waals surface area contributed by atoms with Gasteiger partial charge in [0.15, 0.2) is 0 Å². The quantitative estimate of drug-likeness (QED) is 0.456. The topological polar surface area (TPSA) is 72.7 Å². The summed E-state index contributed by atoms with van der Waals surface area (Å²) in [4.78, 5) is 19.1. The third kappa shape index (κ3) is 2.24. The number of hydrogen-bond donors (Lipinski definition) is 4. The maximum absolute atomic E-state index is 12.5. The Morgan fingerprint density at radius 2 is 1.40 bits per heavy atom. The zero-order valence-electron chi connectivity index (χ0n) is 13.5. The van der Waals surface area contributed by atoms with Crippen LogP contribution in [0, 0.1) is 0 Å². The van der Waals surface area contributed by atoms with Crippen LogP contribution in [0.3, 0.4) is 0 Å². The van der Waals surface area contributed by atoms with E-state index < -0.39 is 0 Å². The fourth-order valence-corrected chi connectivity index (χ4v) is 3.79. The van der Waals surface area contributed by atoms with Crippen LogP contribution >= 0.6 is 0 Å². The fraction of sp³-hybridized carbons (Fsp3) is 0.150. The van der Waals surface area contributed by atoms with Crippen molar-refractivity contribution in [1.82, 2.24) is 20.6 Å². The van der Waals surface area contributed by atoms with Gasteiger partial charge in [-0.1, -0.05) is 36.4 Å². The van der Waals surface area contributed by atoms with Gasteiger partial charge >= 0.3 is 0 Å². The molecule has 0 radical (unpaired) electrons. The molecule has 1 fully saturated rings. The molecule has 2 atom stereocenters. The van der Waals surface area contributed by atoms with Crippen LogP contribution in [0.5, 0.6) is 0 Å². The molecule has 0 saturated carbocycles. The smallest absolute Gasteiger partial charge is 0.241 e. The number of H-pyrrole nitrogens is 2. The number of amides is 1. The molecule has 1 aliphatic heterocycles. The van der Waals surface area contributed by atoms with E-state index >= 15 is 0 Å². The minimum atomic E-state index is -0.372. The van der Waals surface area contributed by atoms with E-state index in [-0.39, 0.29) is 18.0 Å². The van der Waals surface area contributed by atoms with Gasteiger partial charge in [0.05, 0.1) is 6.04 Å². The number of carbonyl (C=O) groups excluding carboxylic acids is 1. The molecule has 4 aromatic rings. The van der Waals surface area contributed by atoms with Gasteiger partial charge in [0, 0.05) is 46.3 Å². The zero-order chi connectivity index (χ0) is 16.8. The van der Waals surface area contributed by atoms with Gasteiger partial charge in [0.25, 0.3) is 0 Å². The van der Waals surface area contributed by atoms with E-state index in [1.54, 1.807) is 0 Å². The largest absolute Gasteiger partial charge is 0.361 e. The van der Waals surface area contributed by atoms with Crippen LogP contribution in [0.1, 0.15) is 23.2 Å². The van der Waals surface area contributed by atoms with Gasteiger partial charge < -0.3 is 15.3 Å². The summed E-state index contributed by atoms with van der Waals surface area (Å²) < 4.78 is 0. The van der Waals surface area contributed by atoms with Crippen molar-refractivity contribution in [2.75, 3.05) is 6.54 Å². The van der Waals surface area contributed by atoms with E-state index in [0.717, 1.165) is 22.0 Å². The lowest BCUT2D eigenvalue weighted by atomic mass is 9.98. The second-order valence-corrected chi connectivity index (χ2v) is 6.48. The molecule has 1 saturated heterocycles. The normalized spacial score (nSPS) is 20.9. The number of nitrogens with one attached hydrogen (secondary N) is 4. The van der Waals surface area contributed by atoms with Gasteiger partial charge in [-0.15, -0.1) is 0 Å². The summed E-state index contributed by atoms with van der Waals surface area (Å²) in [6, 6.07) is 16.0. The first-order valence-electron chi connectivity index (χ1n) is 8.47. The molecule has 1 aliphatic rings. The number of aromatic amines is 2. The fourth-order valence-electron chi connectivity index (χ4n) is 3.79. The van der Waals surface area contributed by atoms with Crippen molar-refractivity contribution >= 4 is 27.7 Å². The Labute approximate surface area is 144 Å². The first-order chi connectivity index (χ1) is 12.3. The van der Waals surface area contributed by atoms with Gasteiger partial charge in [0.1, 0.15) is 6.04 Å². The third-order valence-corrected chi connectivity index (χ3v) is 5.04. The monoisotopic (exact) mass is 330 g/mol. The Bertz CT molecular complexity index is 1080. The lowest BCUT2D eigenvalue weighted by Crippen LogP contribution is -2.49. The average molecular weight is 330 g/mol. The number of para-hydroxylation sites is 2. The SMILES string of the molecule is O=C1NCC(c2c[nH]c3ccccc23)NC1c1c[nH]c2ccccc12. The van der Waals surface area contributed by atoms with Crippen LogP contribution in [0.2, 0.25) is 0 Å². The Morgan fingerprint density at radius 3 is 2.12 bits per heavy atom. The van der Waals surface area contributed by atoms with E-state index in [1.165, 1.54) is 10.9 Å². The summed E-state index contributed by atoms with van der Waals surface area (Å²) >= 11 is 0. The van der Waals surface area contributed by atoms with E-state index in [0.29, 0.717) is 6.54 Å². The van der Waals surface area contributed by atoms with Crippen LogP contribution in [-0.2, 0) is 4.79 Å². The average Bonchev–Trinajstić information content (AvgIpc) is 3.26. The lowest BCUT2D eigenvalue weighted by Gasteiger charge is -2.31. The van der Waals surface area contributed by atoms with Crippen LogP contribution in [0.15, 0.2) is 60.9 Å². The van der Waals surface area contributed by atoms with E-state index in [2.05, 4.69) is 32.7 Å². The molecule has 5 nitrogen and oxygen atoms in total. The molecule has 3 heterocycles. The van der Waals surface area contributed by atoms with E-state index in [9.17, 15) is 4.79 Å². The van der Waals surface area contributed by atoms with Gasteiger partial charge in [-0.3, -0.25) is 10.1 Å². The third-order valence-electron chi connectivity index (χ3n) is 5.04. The van der Waals surface area contributed by atoms with Crippen molar-refractivity contribution in [2.45, 2.75) is 12.1 Å². The number of aromatic nitrogens is 2. The van der Waals surface area contributed by atoms with Crippen molar-refractivity contribution in [3.63, 3.8) is 0 Å². The highest BCUT2D eigenvalue weighted by Gasteiger charge is 2.32. The Hall–Kier alpha value is -3.05. The summed E-state index contributed by atoms with van der Waals surface area (Å²) in [5.74, 6) is 0.0147. The van der Waals surface area contributed by atoms with Crippen molar-refractivity contribution in [1.29, 1.82) is 0 Å². The second kappa shape index (κ2) is 5.50. The van der Waals surface area contributed by atoms with Crippen molar-refractivity contribution < 1.29 is 4.79 Å². The van der Waals surface area contributed by atoms with Crippen molar-refractivity contribution in [3.05, 3.63) is 72.1 Å². The molecular formula is C20H18N4O. The number of piperazine rings is 1. The van der Waals surface area contributed by atoms with Crippen molar-refractivity contribution in [3.8, 4) is 0 Å². The number of benzene rings is 2. The highest BCUT2D eigenvalue weighted by molar-refractivity contribution is 5.92. The summed E-state index contributed by atoms with van der Waals surface area (Å²) in [5.41, 5.74) is 4.32. The number of hydrogen-bond acceptors (Lipinski definition) is 2. The number of rotatable bonds is 2. The number of fused-ring (bicyclic) bond motifs is 2. The Kier molecular flexibility index (Phi) is 3.15. The van der Waals surface area contributed by atoms with Gasteiger partial charge in [0.2, 0.25) is 5.91 Å². The molecule has 25 heavy (non-hydrogen) atoms. The standard InChI is InChI=1S/C20H18N4O/c25-20-19(15-10-22-17-8-4-2-6-13(15)17)24-18(11-23-20)14-9-21-16-7-3-1-5-12(14)16/h1-10,18-19,21-22,24H,11H2,(H,23,25). The molecule has 0 spiro atoms. The highest BCUT2D eigenvalue weighted by Crippen LogP contribution is 2.31. The van der Waals surface area contributed by atoms with Crippen LogP contribution < -0.4 is 10.6 Å². The maximum atomic E-state index is 12.5. The van der Waals surface area contributed by atoms with E-state index in [1.807, 2.05) is 48.8 Å². The molecule has 2 aromatic heterocycles. The summed E-state index contributed by atoms with van der Waals surface area (Å²) in [7, 11) is 0. The number of carbonyl (C=O) groups is 1. The molecule has 1 amide bonds. The lowest BCUT2D eigenvalue weighted by molar-refractivity contribution is -0.125. The van der Waals surface area contributed by atoms with Gasteiger partial charge in [-0.05, 0) is 17.7 Å². The molecule has 2 aromatic carbocycles. The van der Waals surface area contributed by atoms with Crippen molar-refractivity contribution in [2.24, 2.45) is 0 Å². The zero-order valence-corrected chi connectivity index (χ0v) is 13.5. The summed E-state index contributed by atoms with van der Waals surface area (Å²) in [5, 5.41) is 8.87. The molecule has 5 rings (SSSR count). The molecule has 4 N–H and O–H groups in total. The first kappa shape index (κ1) is 14.3. The van der Waals surface area contributed by atoms with Crippen LogP contribution in [0.25, 0.3) is 21.8 Å². The first-order valence-corrected chi connectivity index (χ1v) is 8.47. The summed E-state index contributed by atoms with van der Waals surface area (Å²) in [6.45, 7) is 0.583. The predicted octanol–water partition coefficient (Wildman–Crippen LogP) is 3.15. The summed E-state index contributed by atoms with van der Waals surface area (Å²) in [6.07, 6.45) is 3.96. The predicted molar refractivity (Wildman–Crippen MR) is 98.2 cm³/mol. The Balaban J connectivity index is 1.54. The second-order valence-electron chi connectivity index (χ2n) is 6.48. The van der Waals surface area contributed by atoms with Gasteiger partial charge in [-0.25, -0.2) is 0 Å². The van der Waals surface area contributed by atoms with Crippen LogP contribution in [0.4, 0.5) is 0 Å². The molecule has 2 unspecified atom stereocenters. The van der Waals surface area contributed by atoms with Crippen LogP contribution in [-0.4, -0.2) is 22.4 Å². The molecule has 124 valence electrons. The molecule has 0 aliphatic carbocycles. The molecular weight excluding hydrogens is 312 g/mol. The Morgan fingerprint density at radius 1 is 0.800 bits per heavy atom. The molecule has 0 bridgehead atoms. The highest BCUT2D eigenvalue weighted by atomic mass is 16.2. The molecule has 5 heteroatoms. The minimum Gasteiger partial charge on any atom is -0.361 e. The van der Waals surface area contributed by atoms with E-state index in [4.69, 9.17) is 0 Å². The maximum Gasteiger partial charge on any atom is 0.241 e. The minimum absolute atomic E-state index is 0.0147.